The van der Waals surface area contributed by atoms with E-state index >= 15 is 0 Å². The van der Waals surface area contributed by atoms with Crippen LogP contribution in [0.15, 0.2) is 59.7 Å². The maximum absolute atomic E-state index is 12.4. The van der Waals surface area contributed by atoms with Crippen molar-refractivity contribution in [3.8, 4) is 16.9 Å². The number of methoxy groups -OCH3 is 1. The predicted molar refractivity (Wildman–Crippen MR) is 182 cm³/mol. The molecule has 6 rings (SSSR count). The Kier molecular flexibility index (Phi) is 9.15. The lowest BCUT2D eigenvalue weighted by atomic mass is 9.85. The second-order valence-electron chi connectivity index (χ2n) is 12.6. The number of pyridine rings is 2. The van der Waals surface area contributed by atoms with Crippen LogP contribution in [0.1, 0.15) is 46.2 Å². The van der Waals surface area contributed by atoms with Gasteiger partial charge >= 0.3 is 5.82 Å². The third kappa shape index (κ3) is 6.39. The summed E-state index contributed by atoms with van der Waals surface area (Å²) in [5.74, 6) is 1.24. The summed E-state index contributed by atoms with van der Waals surface area (Å²) in [6.07, 6.45) is 7.71. The fraction of sp³-hybridized carbons (Fsp3) is 0.389. The van der Waals surface area contributed by atoms with Gasteiger partial charge in [0, 0.05) is 73.7 Å². The molecule has 0 saturated carbocycles. The van der Waals surface area contributed by atoms with Crippen molar-refractivity contribution in [2.45, 2.75) is 52.6 Å². The molecule has 0 radical (unpaired) electrons. The first-order valence-corrected chi connectivity index (χ1v) is 16.2. The van der Waals surface area contributed by atoms with Crippen molar-refractivity contribution in [3.05, 3.63) is 114 Å². The molecule has 10 heteroatoms. The molecule has 0 atom stereocenters. The van der Waals surface area contributed by atoms with Crippen LogP contribution in [0.5, 0.6) is 5.75 Å². The molecule has 9 nitrogen and oxygen atoms in total. The molecular formula is C36H40ClN5O4. The Morgan fingerprint density at radius 2 is 1.87 bits per heavy atom. The first kappa shape index (κ1) is 31.8. The minimum Gasteiger partial charge on any atom is -0.496 e. The molecule has 1 saturated heterocycles. The molecule has 0 spiro atoms. The zero-order chi connectivity index (χ0) is 32.5. The third-order valence-corrected chi connectivity index (χ3v) is 10.2. The normalized spacial score (nSPS) is 15.5. The Morgan fingerprint density at radius 1 is 1.09 bits per heavy atom. The van der Waals surface area contributed by atoms with Gasteiger partial charge in [-0.2, -0.15) is 0 Å². The predicted octanol–water partition coefficient (Wildman–Crippen LogP) is 6.65. The number of rotatable bonds is 8. The van der Waals surface area contributed by atoms with Crippen molar-refractivity contribution in [3.63, 3.8) is 0 Å². The number of ether oxygens (including phenoxy) is 1. The maximum Gasteiger partial charge on any atom is 0.363 e. The summed E-state index contributed by atoms with van der Waals surface area (Å²) in [6.45, 7) is 8.17. The van der Waals surface area contributed by atoms with Crippen LogP contribution < -0.4 is 15.2 Å². The van der Waals surface area contributed by atoms with Gasteiger partial charge in [0.2, 0.25) is 0 Å². The number of piperidine rings is 1. The third-order valence-electron chi connectivity index (χ3n) is 9.85. The van der Waals surface area contributed by atoms with Gasteiger partial charge in [-0.05, 0) is 101 Å². The number of nitro groups is 1. The van der Waals surface area contributed by atoms with Crippen LogP contribution in [0.4, 0.5) is 11.5 Å². The van der Waals surface area contributed by atoms with E-state index in [1.807, 2.05) is 32.2 Å². The second kappa shape index (κ2) is 13.3. The molecular weight excluding hydrogens is 602 g/mol. The zero-order valence-corrected chi connectivity index (χ0v) is 27.6. The average Bonchev–Trinajstić information content (AvgIpc) is 3.06. The van der Waals surface area contributed by atoms with Crippen molar-refractivity contribution in [2.75, 3.05) is 31.6 Å². The highest BCUT2D eigenvalue weighted by Gasteiger charge is 2.25. The number of aryl methyl sites for hydroxylation is 1. The molecule has 0 amide bonds. The number of benzene rings is 2. The summed E-state index contributed by atoms with van der Waals surface area (Å²) in [6, 6.07) is 14.0. The van der Waals surface area contributed by atoms with Gasteiger partial charge < -0.3 is 24.3 Å². The van der Waals surface area contributed by atoms with Crippen LogP contribution in [0.2, 0.25) is 5.02 Å². The maximum atomic E-state index is 12.4. The van der Waals surface area contributed by atoms with E-state index in [1.54, 1.807) is 31.0 Å². The monoisotopic (exact) mass is 641 g/mol. The standard InChI is InChI=1S/C36H40ClN5O4/c1-23-24(2)36(43)39(3)21-31(23)28-17-33(37)32(34(18-28)46-4)22-40-13-12-30-26(6-5-7-27(30)20-40)16-25-10-14-41(15-11-25)29-8-9-35(38-19-29)42(44)45/h5-9,17-19,21,25H,10-16,20,22H2,1-4H3. The SMILES string of the molecule is COc1cc(-c2cn(C)c(=O)c(C)c2C)cc(Cl)c1CN1CCc2c(CC3CCN(c4ccc([N+](=O)[O-])nc4)CC3)cccc2C1. The Labute approximate surface area is 274 Å². The zero-order valence-electron chi connectivity index (χ0n) is 26.9. The van der Waals surface area contributed by atoms with Gasteiger partial charge in [-0.25, -0.2) is 0 Å². The van der Waals surface area contributed by atoms with Crippen LogP contribution in [0, 0.1) is 29.9 Å². The van der Waals surface area contributed by atoms with Gasteiger partial charge in [0.05, 0.1) is 12.8 Å². The molecule has 2 aromatic carbocycles. The Morgan fingerprint density at radius 3 is 2.57 bits per heavy atom. The number of anilines is 1. The lowest BCUT2D eigenvalue weighted by Crippen LogP contribution is -2.35. The van der Waals surface area contributed by atoms with Gasteiger partial charge in [0.25, 0.3) is 5.56 Å². The van der Waals surface area contributed by atoms with E-state index < -0.39 is 4.92 Å². The number of nitrogens with zero attached hydrogens (tertiary/aromatic N) is 5. The lowest BCUT2D eigenvalue weighted by Gasteiger charge is -2.34. The summed E-state index contributed by atoms with van der Waals surface area (Å²) in [7, 11) is 3.46. The van der Waals surface area contributed by atoms with E-state index in [1.165, 1.54) is 22.8 Å². The van der Waals surface area contributed by atoms with Crippen molar-refractivity contribution < 1.29 is 9.66 Å². The van der Waals surface area contributed by atoms with E-state index in [9.17, 15) is 14.9 Å². The molecule has 240 valence electrons. The van der Waals surface area contributed by atoms with Crippen molar-refractivity contribution in [1.29, 1.82) is 0 Å². The minimum atomic E-state index is -0.459. The van der Waals surface area contributed by atoms with E-state index in [2.05, 4.69) is 33.0 Å². The molecule has 1 fully saturated rings. The molecule has 0 aliphatic carbocycles. The molecule has 2 aliphatic rings. The van der Waals surface area contributed by atoms with E-state index in [-0.39, 0.29) is 11.4 Å². The fourth-order valence-electron chi connectivity index (χ4n) is 7.05. The first-order valence-electron chi connectivity index (χ1n) is 15.8. The molecule has 4 heterocycles. The fourth-order valence-corrected chi connectivity index (χ4v) is 7.32. The Balaban J connectivity index is 1.12. The molecule has 4 aromatic rings. The highest BCUT2D eigenvalue weighted by Crippen LogP contribution is 2.37. The molecule has 2 aliphatic heterocycles. The van der Waals surface area contributed by atoms with Crippen LogP contribution in [-0.4, -0.2) is 46.1 Å². The summed E-state index contributed by atoms with van der Waals surface area (Å²) in [4.78, 5) is 31.6. The van der Waals surface area contributed by atoms with Crippen LogP contribution in [0.25, 0.3) is 11.1 Å². The van der Waals surface area contributed by atoms with Gasteiger partial charge in [0.1, 0.15) is 5.75 Å². The lowest BCUT2D eigenvalue weighted by molar-refractivity contribution is -0.389. The summed E-state index contributed by atoms with van der Waals surface area (Å²) in [5, 5.41) is 11.6. The van der Waals surface area contributed by atoms with E-state index in [0.29, 0.717) is 17.5 Å². The summed E-state index contributed by atoms with van der Waals surface area (Å²) < 4.78 is 7.48. The largest absolute Gasteiger partial charge is 0.496 e. The van der Waals surface area contributed by atoms with Gasteiger partial charge in [-0.3, -0.25) is 9.69 Å². The van der Waals surface area contributed by atoms with Crippen molar-refractivity contribution in [1.82, 2.24) is 14.5 Å². The first-order chi connectivity index (χ1) is 22.1. The molecule has 0 unspecified atom stereocenters. The van der Waals surface area contributed by atoms with Crippen molar-refractivity contribution in [2.24, 2.45) is 13.0 Å². The number of hydrogen-bond acceptors (Lipinski definition) is 7. The number of aromatic nitrogens is 2. The van der Waals surface area contributed by atoms with Crippen LogP contribution in [-0.2, 0) is 33.0 Å². The molecule has 0 bridgehead atoms. The van der Waals surface area contributed by atoms with Gasteiger partial charge in [-0.1, -0.05) is 29.8 Å². The number of halogens is 1. The summed E-state index contributed by atoms with van der Waals surface area (Å²) in [5.41, 5.74) is 9.83. The highest BCUT2D eigenvalue weighted by atomic mass is 35.5. The summed E-state index contributed by atoms with van der Waals surface area (Å²) >= 11 is 6.94. The molecule has 46 heavy (non-hydrogen) atoms. The van der Waals surface area contributed by atoms with E-state index in [0.717, 1.165) is 91.1 Å². The van der Waals surface area contributed by atoms with Crippen molar-refractivity contribution >= 4 is 23.1 Å². The van der Waals surface area contributed by atoms with Gasteiger partial charge in [0.15, 0.2) is 6.20 Å². The average molecular weight is 642 g/mol. The van der Waals surface area contributed by atoms with Crippen LogP contribution in [0.3, 0.4) is 0 Å². The minimum absolute atomic E-state index is 0.00676. The topological polar surface area (TPSA) is 93.7 Å². The Hall–Kier alpha value is -4.21. The Bertz CT molecular complexity index is 1830. The number of fused-ring (bicyclic) bond motifs is 1. The quantitative estimate of drug-likeness (QED) is 0.157. The van der Waals surface area contributed by atoms with E-state index in [4.69, 9.17) is 16.3 Å². The molecule has 2 aromatic heterocycles. The molecule has 0 N–H and O–H groups in total. The number of hydrogen-bond donors (Lipinski definition) is 0. The van der Waals surface area contributed by atoms with Gasteiger partial charge in [-0.15, -0.1) is 0 Å². The smallest absolute Gasteiger partial charge is 0.363 e. The second-order valence-corrected chi connectivity index (χ2v) is 13.0. The highest BCUT2D eigenvalue weighted by molar-refractivity contribution is 6.32. The van der Waals surface area contributed by atoms with Crippen LogP contribution >= 0.6 is 11.6 Å².